The largest absolute Gasteiger partial charge is 0.352 e. The highest BCUT2D eigenvalue weighted by Gasteiger charge is 2.09. The third-order valence-corrected chi connectivity index (χ3v) is 3.09. The predicted molar refractivity (Wildman–Crippen MR) is 91.5 cm³/mol. The van der Waals surface area contributed by atoms with Crippen LogP contribution in [0.15, 0.2) is 36.8 Å². The van der Waals surface area contributed by atoms with E-state index < -0.39 is 0 Å². The number of aromatic nitrogens is 4. The van der Waals surface area contributed by atoms with E-state index in [4.69, 9.17) is 6.42 Å². The molecular weight excluding hydrogens is 288 g/mol. The van der Waals surface area contributed by atoms with Gasteiger partial charge >= 0.3 is 0 Å². The Morgan fingerprint density at radius 3 is 2.83 bits per heavy atom. The molecule has 0 spiro atoms. The lowest BCUT2D eigenvalue weighted by atomic mass is 10.2. The first-order valence-electron chi connectivity index (χ1n) is 7.23. The van der Waals surface area contributed by atoms with E-state index in [1.165, 1.54) is 6.33 Å². The summed E-state index contributed by atoms with van der Waals surface area (Å²) in [5.74, 6) is 3.77. The second-order valence-electron chi connectivity index (χ2n) is 5.30. The van der Waals surface area contributed by atoms with Gasteiger partial charge in [0, 0.05) is 17.3 Å². The van der Waals surface area contributed by atoms with Crippen molar-refractivity contribution in [1.29, 1.82) is 0 Å². The molecule has 3 rings (SSSR count). The lowest BCUT2D eigenvalue weighted by molar-refractivity contribution is 0.877. The molecule has 23 heavy (non-hydrogen) atoms. The molecule has 2 N–H and O–H groups in total. The molecule has 0 fully saturated rings. The molecule has 114 valence electrons. The number of rotatable bonds is 4. The highest BCUT2D eigenvalue weighted by atomic mass is 15.1. The molecule has 0 saturated heterocycles. The van der Waals surface area contributed by atoms with Crippen LogP contribution in [0.3, 0.4) is 0 Å². The fourth-order valence-electron chi connectivity index (χ4n) is 2.10. The van der Waals surface area contributed by atoms with E-state index in [1.807, 2.05) is 38.1 Å². The fourth-order valence-corrected chi connectivity index (χ4v) is 2.10. The van der Waals surface area contributed by atoms with Crippen LogP contribution >= 0.6 is 0 Å². The number of benzene rings is 1. The monoisotopic (exact) mass is 304 g/mol. The molecule has 3 aromatic rings. The molecule has 6 nitrogen and oxygen atoms in total. The van der Waals surface area contributed by atoms with Crippen LogP contribution < -0.4 is 10.6 Å². The summed E-state index contributed by atoms with van der Waals surface area (Å²) < 4.78 is 0. The maximum absolute atomic E-state index is 5.44. The fraction of sp³-hybridized carbons (Fsp3) is 0.176. The van der Waals surface area contributed by atoms with Gasteiger partial charge in [-0.3, -0.25) is 0 Å². The number of fused-ring (bicyclic) bond motifs is 1. The van der Waals surface area contributed by atoms with Gasteiger partial charge in [-0.15, -0.1) is 6.42 Å². The summed E-state index contributed by atoms with van der Waals surface area (Å²) in [7, 11) is 0. The van der Waals surface area contributed by atoms with Gasteiger partial charge in [0.2, 0.25) is 5.95 Å². The van der Waals surface area contributed by atoms with Gasteiger partial charge in [-0.25, -0.2) is 19.9 Å². The molecule has 0 aliphatic heterocycles. The van der Waals surface area contributed by atoms with Crippen LogP contribution in [0, 0.1) is 12.3 Å². The van der Waals surface area contributed by atoms with Crippen molar-refractivity contribution in [3.05, 3.63) is 42.4 Å². The number of terminal acetylenes is 1. The van der Waals surface area contributed by atoms with Crippen LogP contribution in [-0.4, -0.2) is 26.0 Å². The zero-order valence-corrected chi connectivity index (χ0v) is 12.9. The van der Waals surface area contributed by atoms with E-state index >= 15 is 0 Å². The minimum Gasteiger partial charge on any atom is -0.352 e. The topological polar surface area (TPSA) is 75.6 Å². The minimum absolute atomic E-state index is 0.237. The van der Waals surface area contributed by atoms with Gasteiger partial charge in [-0.05, 0) is 32.0 Å². The van der Waals surface area contributed by atoms with Crippen molar-refractivity contribution in [3.8, 4) is 12.3 Å². The van der Waals surface area contributed by atoms with E-state index in [0.29, 0.717) is 22.8 Å². The van der Waals surface area contributed by atoms with Crippen molar-refractivity contribution in [2.75, 3.05) is 10.6 Å². The third-order valence-electron chi connectivity index (χ3n) is 3.09. The van der Waals surface area contributed by atoms with Gasteiger partial charge < -0.3 is 10.6 Å². The Morgan fingerprint density at radius 1 is 1.17 bits per heavy atom. The number of hydrogen-bond donors (Lipinski definition) is 2. The first-order chi connectivity index (χ1) is 11.2. The Hall–Kier alpha value is -3.20. The Balaban J connectivity index is 2.00. The van der Waals surface area contributed by atoms with Crippen molar-refractivity contribution in [1.82, 2.24) is 19.9 Å². The molecule has 6 heteroatoms. The van der Waals surface area contributed by atoms with Crippen LogP contribution in [0.5, 0.6) is 0 Å². The number of nitrogens with zero attached hydrogens (tertiary/aromatic N) is 4. The molecule has 2 aromatic heterocycles. The summed E-state index contributed by atoms with van der Waals surface area (Å²) in [4.78, 5) is 17.2. The van der Waals surface area contributed by atoms with Gasteiger partial charge in [0.15, 0.2) is 5.82 Å². The van der Waals surface area contributed by atoms with Crippen LogP contribution in [0.25, 0.3) is 11.0 Å². The van der Waals surface area contributed by atoms with Crippen molar-refractivity contribution in [2.24, 2.45) is 0 Å². The average molecular weight is 304 g/mol. The molecule has 2 heterocycles. The second-order valence-corrected chi connectivity index (χ2v) is 5.30. The lowest BCUT2D eigenvalue weighted by Gasteiger charge is -2.11. The van der Waals surface area contributed by atoms with Crippen molar-refractivity contribution >= 4 is 28.5 Å². The van der Waals surface area contributed by atoms with Crippen LogP contribution in [-0.2, 0) is 0 Å². The van der Waals surface area contributed by atoms with Gasteiger partial charge in [-0.1, -0.05) is 12.0 Å². The first kappa shape index (κ1) is 14.7. The van der Waals surface area contributed by atoms with Crippen molar-refractivity contribution in [3.63, 3.8) is 0 Å². The highest BCUT2D eigenvalue weighted by Crippen LogP contribution is 2.22. The first-order valence-corrected chi connectivity index (χ1v) is 7.23. The summed E-state index contributed by atoms with van der Waals surface area (Å²) >= 11 is 0. The molecule has 0 radical (unpaired) electrons. The highest BCUT2D eigenvalue weighted by molar-refractivity contribution is 5.87. The molecule has 0 aliphatic carbocycles. The molecular formula is C17H16N6. The minimum atomic E-state index is 0.237. The van der Waals surface area contributed by atoms with Crippen molar-refractivity contribution in [2.45, 2.75) is 19.9 Å². The van der Waals surface area contributed by atoms with Crippen LogP contribution in [0.1, 0.15) is 19.4 Å². The SMILES string of the molecule is C#Cc1cccc(Nc2ncnc3cnc(NC(C)C)nc23)c1. The molecule has 0 amide bonds. The molecule has 0 atom stereocenters. The van der Waals surface area contributed by atoms with Crippen LogP contribution in [0.4, 0.5) is 17.5 Å². The summed E-state index contributed by atoms with van der Waals surface area (Å²) in [6.07, 6.45) is 8.60. The summed E-state index contributed by atoms with van der Waals surface area (Å²) in [6, 6.07) is 7.80. The maximum atomic E-state index is 5.44. The molecule has 1 aromatic carbocycles. The summed E-state index contributed by atoms with van der Waals surface area (Å²) in [6.45, 7) is 4.05. The van der Waals surface area contributed by atoms with Gasteiger partial charge in [-0.2, -0.15) is 0 Å². The third kappa shape index (κ3) is 3.35. The Bertz CT molecular complexity index is 882. The zero-order valence-electron chi connectivity index (χ0n) is 12.9. The smallest absolute Gasteiger partial charge is 0.223 e. The van der Waals surface area contributed by atoms with Gasteiger partial charge in [0.1, 0.15) is 17.4 Å². The maximum Gasteiger partial charge on any atom is 0.223 e. The average Bonchev–Trinajstić information content (AvgIpc) is 2.55. The van der Waals surface area contributed by atoms with E-state index in [-0.39, 0.29) is 6.04 Å². The Morgan fingerprint density at radius 2 is 2.04 bits per heavy atom. The Labute approximate surface area is 134 Å². The number of nitrogens with one attached hydrogen (secondary N) is 2. The van der Waals surface area contributed by atoms with E-state index in [2.05, 4.69) is 36.5 Å². The molecule has 0 unspecified atom stereocenters. The van der Waals surface area contributed by atoms with Gasteiger partial charge in [0.25, 0.3) is 0 Å². The van der Waals surface area contributed by atoms with Crippen LogP contribution in [0.2, 0.25) is 0 Å². The lowest BCUT2D eigenvalue weighted by Crippen LogP contribution is -2.12. The normalized spacial score (nSPS) is 10.5. The van der Waals surface area contributed by atoms with E-state index in [9.17, 15) is 0 Å². The standard InChI is InChI=1S/C17H16N6/c1-4-12-6-5-7-13(8-12)22-16-15-14(19-10-20-16)9-18-17(23-15)21-11(2)3/h1,5-11H,2-3H3,(H,18,21,23)(H,19,20,22). The molecule has 0 saturated carbocycles. The summed E-state index contributed by atoms with van der Waals surface area (Å²) in [5, 5.41) is 6.41. The van der Waals surface area contributed by atoms with Crippen molar-refractivity contribution < 1.29 is 0 Å². The van der Waals surface area contributed by atoms with E-state index in [1.54, 1.807) is 6.20 Å². The van der Waals surface area contributed by atoms with E-state index in [0.717, 1.165) is 11.3 Å². The molecule has 0 bridgehead atoms. The predicted octanol–water partition coefficient (Wildman–Crippen LogP) is 2.97. The summed E-state index contributed by atoms with van der Waals surface area (Å²) in [5.41, 5.74) is 2.96. The molecule has 0 aliphatic rings. The number of anilines is 3. The van der Waals surface area contributed by atoms with Gasteiger partial charge in [0.05, 0.1) is 6.20 Å². The quantitative estimate of drug-likeness (QED) is 0.722. The zero-order chi connectivity index (χ0) is 16.2. The number of hydrogen-bond acceptors (Lipinski definition) is 6. The second kappa shape index (κ2) is 6.28. The Kier molecular flexibility index (Phi) is 4.02.